The molecule has 3 aromatic carbocycles. The molecule has 1 aliphatic rings. The number of carbonyl (C=O) groups excluding carboxylic acids is 1. The third kappa shape index (κ3) is 2.86. The summed E-state index contributed by atoms with van der Waals surface area (Å²) in [7, 11) is 0. The average Bonchev–Trinajstić information content (AvgIpc) is 3.07. The van der Waals surface area contributed by atoms with Gasteiger partial charge < -0.3 is 10.6 Å². The molecular formula is C20H17N3O3. The highest BCUT2D eigenvalue weighted by Crippen LogP contribution is 2.35. The van der Waals surface area contributed by atoms with Crippen LogP contribution in [0.5, 0.6) is 0 Å². The largest absolute Gasteiger partial charge is 0.371 e. The van der Waals surface area contributed by atoms with Crippen molar-refractivity contribution in [3.8, 4) is 0 Å². The molecule has 1 amide bonds. The summed E-state index contributed by atoms with van der Waals surface area (Å²) < 4.78 is 0. The van der Waals surface area contributed by atoms with Crippen LogP contribution in [0.25, 0.3) is 10.8 Å². The van der Waals surface area contributed by atoms with Gasteiger partial charge in [0.1, 0.15) is 5.69 Å². The molecule has 0 aromatic heterocycles. The fourth-order valence-electron chi connectivity index (χ4n) is 3.51. The number of carbonyl (C=O) groups is 1. The molecular weight excluding hydrogens is 330 g/mol. The van der Waals surface area contributed by atoms with E-state index in [9.17, 15) is 14.9 Å². The van der Waals surface area contributed by atoms with Crippen LogP contribution < -0.4 is 10.6 Å². The van der Waals surface area contributed by atoms with Crippen LogP contribution in [0.2, 0.25) is 0 Å². The number of anilines is 2. The van der Waals surface area contributed by atoms with Gasteiger partial charge in [-0.3, -0.25) is 14.9 Å². The maximum absolute atomic E-state index is 12.4. The lowest BCUT2D eigenvalue weighted by Gasteiger charge is -2.11. The van der Waals surface area contributed by atoms with Crippen LogP contribution in [-0.2, 0) is 17.6 Å². The van der Waals surface area contributed by atoms with Crippen LogP contribution in [-0.4, -0.2) is 17.4 Å². The van der Waals surface area contributed by atoms with Crippen molar-refractivity contribution >= 4 is 33.7 Å². The molecule has 0 saturated carbocycles. The zero-order valence-corrected chi connectivity index (χ0v) is 14.0. The fourth-order valence-corrected chi connectivity index (χ4v) is 3.51. The Balaban J connectivity index is 1.52. The minimum Gasteiger partial charge on any atom is -0.371 e. The summed E-state index contributed by atoms with van der Waals surface area (Å²) in [6.45, 7) is -0.0478. The fraction of sp³-hybridized carbons (Fsp3) is 0.150. The highest BCUT2D eigenvalue weighted by atomic mass is 16.6. The van der Waals surface area contributed by atoms with Crippen LogP contribution in [0.4, 0.5) is 17.1 Å². The van der Waals surface area contributed by atoms with Gasteiger partial charge in [-0.2, -0.15) is 0 Å². The van der Waals surface area contributed by atoms with Gasteiger partial charge in [-0.1, -0.05) is 36.4 Å². The standard InChI is InChI=1S/C20H17N3O3/c24-19(12-21-17-6-1-2-7-18(17)23(25)26)22-16-11-10-14-9-8-13-4-3-5-15(16)20(13)14/h1-7,10-11,21H,8-9,12H2,(H,22,24). The van der Waals surface area contributed by atoms with Crippen molar-refractivity contribution in [1.82, 2.24) is 0 Å². The van der Waals surface area contributed by atoms with E-state index in [1.54, 1.807) is 18.2 Å². The van der Waals surface area contributed by atoms with E-state index < -0.39 is 4.92 Å². The van der Waals surface area contributed by atoms with Gasteiger partial charge in [0.2, 0.25) is 5.91 Å². The first-order valence-corrected chi connectivity index (χ1v) is 8.44. The summed E-state index contributed by atoms with van der Waals surface area (Å²) in [4.78, 5) is 22.9. The predicted octanol–water partition coefficient (Wildman–Crippen LogP) is 3.90. The zero-order chi connectivity index (χ0) is 18.1. The number of nitrogens with one attached hydrogen (secondary N) is 2. The Morgan fingerprint density at radius 1 is 0.962 bits per heavy atom. The smallest absolute Gasteiger partial charge is 0.292 e. The summed E-state index contributed by atoms with van der Waals surface area (Å²) in [5.41, 5.74) is 3.67. The topological polar surface area (TPSA) is 84.3 Å². The summed E-state index contributed by atoms with van der Waals surface area (Å²) in [6.07, 6.45) is 2.06. The second-order valence-corrected chi connectivity index (χ2v) is 6.29. The molecule has 0 radical (unpaired) electrons. The van der Waals surface area contributed by atoms with Gasteiger partial charge in [-0.05, 0) is 41.5 Å². The molecule has 0 bridgehead atoms. The van der Waals surface area contributed by atoms with Crippen molar-refractivity contribution in [1.29, 1.82) is 0 Å². The number of nitrogens with zero attached hydrogens (tertiary/aromatic N) is 1. The number of nitro benzene ring substituents is 1. The average molecular weight is 347 g/mol. The van der Waals surface area contributed by atoms with Gasteiger partial charge in [0.15, 0.2) is 0 Å². The van der Waals surface area contributed by atoms with E-state index in [1.165, 1.54) is 22.6 Å². The van der Waals surface area contributed by atoms with E-state index in [4.69, 9.17) is 0 Å². The van der Waals surface area contributed by atoms with Crippen LogP contribution in [0.3, 0.4) is 0 Å². The first kappa shape index (κ1) is 16.1. The molecule has 2 N–H and O–H groups in total. The summed E-state index contributed by atoms with van der Waals surface area (Å²) in [6, 6.07) is 16.4. The Morgan fingerprint density at radius 3 is 2.54 bits per heavy atom. The highest BCUT2D eigenvalue weighted by Gasteiger charge is 2.17. The SMILES string of the molecule is O=C(CNc1ccccc1[N+](=O)[O-])Nc1ccc2c3c(cccc13)CC2. The number of para-hydroxylation sites is 2. The molecule has 0 spiro atoms. The van der Waals surface area contributed by atoms with Crippen molar-refractivity contribution in [2.75, 3.05) is 17.2 Å². The molecule has 4 rings (SSSR count). The van der Waals surface area contributed by atoms with Crippen molar-refractivity contribution < 1.29 is 9.72 Å². The molecule has 1 aliphatic carbocycles. The maximum atomic E-state index is 12.4. The molecule has 0 unspecified atom stereocenters. The molecule has 0 aliphatic heterocycles. The van der Waals surface area contributed by atoms with Crippen LogP contribution in [0.15, 0.2) is 54.6 Å². The quantitative estimate of drug-likeness (QED) is 0.541. The number of rotatable bonds is 5. The number of aryl methyl sites for hydroxylation is 2. The van der Waals surface area contributed by atoms with Crippen molar-refractivity contribution in [2.24, 2.45) is 0 Å². The minimum absolute atomic E-state index is 0.0478. The van der Waals surface area contributed by atoms with Crippen molar-refractivity contribution in [3.05, 3.63) is 75.8 Å². The number of nitro groups is 1. The lowest BCUT2D eigenvalue weighted by molar-refractivity contribution is -0.383. The van der Waals surface area contributed by atoms with Gasteiger partial charge in [0.25, 0.3) is 5.69 Å². The number of hydrogen-bond acceptors (Lipinski definition) is 4. The van der Waals surface area contributed by atoms with Gasteiger partial charge in [-0.25, -0.2) is 0 Å². The van der Waals surface area contributed by atoms with E-state index in [-0.39, 0.29) is 18.1 Å². The molecule has 6 heteroatoms. The van der Waals surface area contributed by atoms with Gasteiger partial charge in [0.05, 0.1) is 11.5 Å². The van der Waals surface area contributed by atoms with E-state index in [1.807, 2.05) is 18.2 Å². The Kier molecular flexibility index (Phi) is 4.01. The first-order valence-electron chi connectivity index (χ1n) is 8.44. The highest BCUT2D eigenvalue weighted by molar-refractivity contribution is 6.05. The predicted molar refractivity (Wildman–Crippen MR) is 102 cm³/mol. The molecule has 0 fully saturated rings. The Morgan fingerprint density at radius 2 is 1.73 bits per heavy atom. The van der Waals surface area contributed by atoms with Gasteiger partial charge in [-0.15, -0.1) is 0 Å². The zero-order valence-electron chi connectivity index (χ0n) is 14.0. The maximum Gasteiger partial charge on any atom is 0.292 e. The third-order valence-corrected chi connectivity index (χ3v) is 4.69. The molecule has 0 heterocycles. The van der Waals surface area contributed by atoms with Crippen molar-refractivity contribution in [2.45, 2.75) is 12.8 Å². The Bertz CT molecular complexity index is 1020. The molecule has 130 valence electrons. The van der Waals surface area contributed by atoms with Crippen LogP contribution in [0, 0.1) is 10.1 Å². The van der Waals surface area contributed by atoms with Crippen LogP contribution in [0.1, 0.15) is 11.1 Å². The number of benzene rings is 3. The lowest BCUT2D eigenvalue weighted by atomic mass is 10.0. The number of hydrogen-bond donors (Lipinski definition) is 2. The van der Waals surface area contributed by atoms with E-state index in [0.29, 0.717) is 5.69 Å². The van der Waals surface area contributed by atoms with Gasteiger partial charge in [0, 0.05) is 17.1 Å². The summed E-state index contributed by atoms with van der Waals surface area (Å²) in [5.74, 6) is -0.248. The first-order chi connectivity index (χ1) is 12.6. The van der Waals surface area contributed by atoms with Gasteiger partial charge >= 0.3 is 0 Å². The van der Waals surface area contributed by atoms with E-state index >= 15 is 0 Å². The molecule has 0 atom stereocenters. The second kappa shape index (κ2) is 6.48. The normalized spacial score (nSPS) is 12.2. The third-order valence-electron chi connectivity index (χ3n) is 4.69. The summed E-state index contributed by atoms with van der Waals surface area (Å²) >= 11 is 0. The summed E-state index contributed by atoms with van der Waals surface area (Å²) in [5, 5.41) is 19.1. The molecule has 26 heavy (non-hydrogen) atoms. The van der Waals surface area contributed by atoms with Crippen molar-refractivity contribution in [3.63, 3.8) is 0 Å². The second-order valence-electron chi connectivity index (χ2n) is 6.29. The van der Waals surface area contributed by atoms with E-state index in [0.717, 1.165) is 23.9 Å². The minimum atomic E-state index is -0.469. The van der Waals surface area contributed by atoms with Crippen LogP contribution >= 0.6 is 0 Å². The number of amides is 1. The Labute approximate surface area is 150 Å². The molecule has 6 nitrogen and oxygen atoms in total. The van der Waals surface area contributed by atoms with E-state index in [2.05, 4.69) is 22.8 Å². The Hall–Kier alpha value is -3.41. The monoisotopic (exact) mass is 347 g/mol. The lowest BCUT2D eigenvalue weighted by Crippen LogP contribution is -2.22. The molecule has 0 saturated heterocycles. The molecule has 3 aromatic rings.